The van der Waals surface area contributed by atoms with Crippen LogP contribution in [0, 0.1) is 11.3 Å². The zero-order chi connectivity index (χ0) is 19.1. The molecular weight excluding hydrogens is 338 g/mol. The first kappa shape index (κ1) is 17.7. The number of nitriles is 1. The molecule has 0 aromatic heterocycles. The fourth-order valence-corrected chi connectivity index (χ4v) is 2.92. The van der Waals surface area contributed by atoms with Gasteiger partial charge in [-0.3, -0.25) is 0 Å². The van der Waals surface area contributed by atoms with Crippen molar-refractivity contribution >= 4 is 23.5 Å². The van der Waals surface area contributed by atoms with Gasteiger partial charge in [0.2, 0.25) is 12.2 Å². The predicted octanol–water partition coefficient (Wildman–Crippen LogP) is 4.67. The van der Waals surface area contributed by atoms with Crippen LogP contribution in [0.25, 0.3) is 0 Å². The molecule has 27 heavy (non-hydrogen) atoms. The molecule has 3 aromatic carbocycles. The molecule has 128 valence electrons. The lowest BCUT2D eigenvalue weighted by molar-refractivity contribution is 0.564. The van der Waals surface area contributed by atoms with Crippen molar-refractivity contribution in [1.29, 1.82) is 5.26 Å². The molecule has 3 aromatic rings. The van der Waals surface area contributed by atoms with Gasteiger partial charge < -0.3 is 0 Å². The van der Waals surface area contributed by atoms with Crippen molar-refractivity contribution in [1.82, 2.24) is 0 Å². The van der Waals surface area contributed by atoms with Gasteiger partial charge in [-0.05, 0) is 53.1 Å². The maximum atomic E-state index is 10.4. The normalized spacial score (nSPS) is 10.8. The minimum Gasteiger partial charge on any atom is -0.211 e. The summed E-state index contributed by atoms with van der Waals surface area (Å²) in [5, 5.41) is 9.03. The van der Waals surface area contributed by atoms with Crippen molar-refractivity contribution in [2.24, 2.45) is 9.98 Å². The van der Waals surface area contributed by atoms with Gasteiger partial charge in [0.15, 0.2) is 0 Å². The number of nitrogens with zero attached hydrogens (tertiary/aromatic N) is 3. The molecule has 3 rings (SSSR count). The fourth-order valence-electron chi connectivity index (χ4n) is 2.92. The summed E-state index contributed by atoms with van der Waals surface area (Å²) >= 11 is 0. The Bertz CT molecular complexity index is 1000. The van der Waals surface area contributed by atoms with E-state index in [1.807, 2.05) is 36.4 Å². The Balaban J connectivity index is 2.08. The summed E-state index contributed by atoms with van der Waals surface area (Å²) in [5.74, 6) is -0.0961. The van der Waals surface area contributed by atoms with E-state index in [2.05, 4.69) is 16.1 Å². The van der Waals surface area contributed by atoms with E-state index in [9.17, 15) is 9.59 Å². The predicted molar refractivity (Wildman–Crippen MR) is 101 cm³/mol. The van der Waals surface area contributed by atoms with Crippen molar-refractivity contribution in [2.75, 3.05) is 0 Å². The summed E-state index contributed by atoms with van der Waals surface area (Å²) in [5.41, 5.74) is 4.65. The van der Waals surface area contributed by atoms with Crippen molar-refractivity contribution in [3.05, 3.63) is 95.1 Å². The first-order valence-electron chi connectivity index (χ1n) is 8.11. The number of carbonyl (C=O) groups excluding carboxylic acids is 2. The topological polar surface area (TPSA) is 82.7 Å². The van der Waals surface area contributed by atoms with Crippen LogP contribution in [-0.4, -0.2) is 12.2 Å². The van der Waals surface area contributed by atoms with E-state index >= 15 is 0 Å². The third kappa shape index (κ3) is 4.12. The Labute approximate surface area is 156 Å². The summed E-state index contributed by atoms with van der Waals surface area (Å²) in [4.78, 5) is 28.1. The second kappa shape index (κ2) is 8.33. The molecule has 0 radical (unpaired) electrons. The molecule has 5 nitrogen and oxygen atoms in total. The van der Waals surface area contributed by atoms with E-state index in [4.69, 9.17) is 5.26 Å². The third-order valence-corrected chi connectivity index (χ3v) is 4.18. The van der Waals surface area contributed by atoms with Crippen LogP contribution in [0.4, 0.5) is 11.4 Å². The smallest absolute Gasteiger partial charge is 0.211 e. The largest absolute Gasteiger partial charge is 0.240 e. The maximum Gasteiger partial charge on any atom is 0.240 e. The molecule has 0 saturated carbocycles. The van der Waals surface area contributed by atoms with Gasteiger partial charge in [-0.25, -0.2) is 9.59 Å². The summed E-state index contributed by atoms with van der Waals surface area (Å²) in [7, 11) is 0. The number of isocyanates is 2. The van der Waals surface area contributed by atoms with E-state index in [1.165, 1.54) is 12.2 Å². The standard InChI is InChI=1S/C22H13N3O2/c23-13-16-1-3-17(4-2-16)22(18-5-9-20(10-6-18)24-14-26)19-7-11-21(12-8-19)25-15-27/h1-12,22H. The van der Waals surface area contributed by atoms with Crippen molar-refractivity contribution < 1.29 is 9.59 Å². The summed E-state index contributed by atoms with van der Waals surface area (Å²) < 4.78 is 0. The van der Waals surface area contributed by atoms with Crippen molar-refractivity contribution in [2.45, 2.75) is 5.92 Å². The van der Waals surface area contributed by atoms with E-state index in [1.54, 1.807) is 36.4 Å². The second-order valence-corrected chi connectivity index (χ2v) is 5.76. The molecule has 0 fully saturated rings. The molecule has 0 N–H and O–H groups in total. The van der Waals surface area contributed by atoms with E-state index < -0.39 is 0 Å². The van der Waals surface area contributed by atoms with Gasteiger partial charge in [-0.1, -0.05) is 36.4 Å². The average Bonchev–Trinajstić information content (AvgIpc) is 2.72. The summed E-state index contributed by atoms with van der Waals surface area (Å²) in [6, 6.07) is 24.1. The highest BCUT2D eigenvalue weighted by Gasteiger charge is 2.17. The third-order valence-electron chi connectivity index (χ3n) is 4.18. The minimum absolute atomic E-state index is 0.0961. The minimum atomic E-state index is -0.0961. The van der Waals surface area contributed by atoms with Gasteiger partial charge in [0, 0.05) is 5.92 Å². The SMILES string of the molecule is N#Cc1ccc(C(c2ccc(N=C=O)cc2)c2ccc(N=C=O)cc2)cc1. The average molecular weight is 351 g/mol. The van der Waals surface area contributed by atoms with Crippen molar-refractivity contribution in [3.8, 4) is 6.07 Å². The van der Waals surface area contributed by atoms with Gasteiger partial charge in [-0.15, -0.1) is 0 Å². The van der Waals surface area contributed by atoms with Gasteiger partial charge in [0.1, 0.15) is 0 Å². The Morgan fingerprint density at radius 3 is 1.33 bits per heavy atom. The lowest BCUT2D eigenvalue weighted by Crippen LogP contribution is -2.03. The fraction of sp³-hybridized carbons (Fsp3) is 0.0455. The molecule has 0 aliphatic rings. The van der Waals surface area contributed by atoms with E-state index in [0.29, 0.717) is 16.9 Å². The van der Waals surface area contributed by atoms with Crippen LogP contribution in [0.3, 0.4) is 0 Å². The molecular formula is C22H13N3O2. The van der Waals surface area contributed by atoms with Crippen LogP contribution >= 0.6 is 0 Å². The molecule has 0 aliphatic heterocycles. The molecule has 0 atom stereocenters. The molecule has 0 amide bonds. The van der Waals surface area contributed by atoms with Crippen LogP contribution in [0.1, 0.15) is 28.2 Å². The zero-order valence-electron chi connectivity index (χ0n) is 14.2. The number of rotatable bonds is 5. The van der Waals surface area contributed by atoms with Crippen LogP contribution in [0.2, 0.25) is 0 Å². The number of hydrogen-bond acceptors (Lipinski definition) is 5. The lowest BCUT2D eigenvalue weighted by atomic mass is 9.85. The van der Waals surface area contributed by atoms with Crippen LogP contribution in [0.5, 0.6) is 0 Å². The highest BCUT2D eigenvalue weighted by atomic mass is 16.1. The van der Waals surface area contributed by atoms with Crippen molar-refractivity contribution in [3.63, 3.8) is 0 Å². The van der Waals surface area contributed by atoms with E-state index in [-0.39, 0.29) is 5.92 Å². The van der Waals surface area contributed by atoms with Crippen LogP contribution < -0.4 is 0 Å². The number of benzene rings is 3. The van der Waals surface area contributed by atoms with Gasteiger partial charge in [0.25, 0.3) is 0 Å². The Morgan fingerprint density at radius 1 is 0.630 bits per heavy atom. The van der Waals surface area contributed by atoms with E-state index in [0.717, 1.165) is 16.7 Å². The Kier molecular flexibility index (Phi) is 5.47. The molecule has 0 spiro atoms. The summed E-state index contributed by atoms with van der Waals surface area (Å²) in [6.45, 7) is 0. The lowest BCUT2D eigenvalue weighted by Gasteiger charge is -2.19. The highest BCUT2D eigenvalue weighted by molar-refractivity contribution is 5.54. The second-order valence-electron chi connectivity index (χ2n) is 5.76. The molecule has 0 aliphatic carbocycles. The van der Waals surface area contributed by atoms with Crippen LogP contribution in [0.15, 0.2) is 82.8 Å². The first-order chi connectivity index (χ1) is 13.2. The van der Waals surface area contributed by atoms with Gasteiger partial charge in [0.05, 0.1) is 23.0 Å². The monoisotopic (exact) mass is 351 g/mol. The molecule has 0 bridgehead atoms. The first-order valence-corrected chi connectivity index (χ1v) is 8.11. The number of aliphatic imine (C=N–C) groups is 2. The Morgan fingerprint density at radius 2 is 1.00 bits per heavy atom. The zero-order valence-corrected chi connectivity index (χ0v) is 14.2. The Hall–Kier alpha value is -4.09. The highest BCUT2D eigenvalue weighted by Crippen LogP contribution is 2.33. The number of hydrogen-bond donors (Lipinski definition) is 0. The molecule has 0 saturated heterocycles. The molecule has 0 heterocycles. The van der Waals surface area contributed by atoms with Gasteiger partial charge in [-0.2, -0.15) is 15.2 Å². The summed E-state index contributed by atoms with van der Waals surface area (Å²) in [6.07, 6.45) is 3.06. The maximum absolute atomic E-state index is 10.4. The van der Waals surface area contributed by atoms with Gasteiger partial charge >= 0.3 is 0 Å². The molecule has 5 heteroatoms. The van der Waals surface area contributed by atoms with Crippen LogP contribution in [-0.2, 0) is 9.59 Å². The quantitative estimate of drug-likeness (QED) is 0.380. The molecule has 0 unspecified atom stereocenters.